The molecule has 0 heterocycles. The summed E-state index contributed by atoms with van der Waals surface area (Å²) in [4.78, 5) is 22.9. The molecule has 0 fully saturated rings. The van der Waals surface area contributed by atoms with E-state index >= 15 is 0 Å². The van der Waals surface area contributed by atoms with Gasteiger partial charge < -0.3 is 10.6 Å². The molecule has 2 amide bonds. The molecule has 2 aromatic rings. The summed E-state index contributed by atoms with van der Waals surface area (Å²) in [6.45, 7) is 5.06. The van der Waals surface area contributed by atoms with Crippen molar-refractivity contribution in [3.8, 4) is 0 Å². The van der Waals surface area contributed by atoms with Gasteiger partial charge in [0.05, 0.1) is 4.90 Å². The Morgan fingerprint density at radius 3 is 2.22 bits per heavy atom. The van der Waals surface area contributed by atoms with Gasteiger partial charge in [-0.05, 0) is 42.0 Å². The molecule has 0 aliphatic carbocycles. The molecule has 0 aliphatic rings. The zero-order valence-electron chi connectivity index (χ0n) is 15.4. The van der Waals surface area contributed by atoms with Crippen LogP contribution in [0.4, 0.5) is 11.4 Å². The molecule has 0 aromatic heterocycles. The highest BCUT2D eigenvalue weighted by atomic mass is 32.2. The molecular weight excluding hydrogens is 366 g/mol. The van der Waals surface area contributed by atoms with E-state index < -0.39 is 10.0 Å². The fraction of sp³-hybridized carbons (Fsp3) is 0.263. The van der Waals surface area contributed by atoms with Crippen LogP contribution in [-0.2, 0) is 26.2 Å². The van der Waals surface area contributed by atoms with Gasteiger partial charge in [-0.2, -0.15) is 0 Å². The maximum atomic E-state index is 12.4. The van der Waals surface area contributed by atoms with Crippen LogP contribution in [0.3, 0.4) is 0 Å². The van der Waals surface area contributed by atoms with E-state index in [-0.39, 0.29) is 29.2 Å². The van der Waals surface area contributed by atoms with E-state index in [4.69, 9.17) is 0 Å². The second kappa shape index (κ2) is 8.79. The molecule has 27 heavy (non-hydrogen) atoms. The number of amides is 2. The highest BCUT2D eigenvalue weighted by Gasteiger charge is 2.14. The summed E-state index contributed by atoms with van der Waals surface area (Å²) < 4.78 is 27.4. The molecule has 0 unspecified atom stereocenters. The average Bonchev–Trinajstić information content (AvgIpc) is 2.60. The van der Waals surface area contributed by atoms with Gasteiger partial charge in [0.2, 0.25) is 21.8 Å². The Bertz CT molecular complexity index is 922. The van der Waals surface area contributed by atoms with Gasteiger partial charge in [-0.3, -0.25) is 9.59 Å². The van der Waals surface area contributed by atoms with Crippen LogP contribution in [0.25, 0.3) is 0 Å². The molecular formula is C19H23N3O4S. The number of nitrogens with one attached hydrogen (secondary N) is 3. The third-order valence-electron chi connectivity index (χ3n) is 3.67. The summed E-state index contributed by atoms with van der Waals surface area (Å²) in [6, 6.07) is 12.9. The van der Waals surface area contributed by atoms with Gasteiger partial charge in [-0.1, -0.05) is 26.0 Å². The third-order valence-corrected chi connectivity index (χ3v) is 5.09. The topological polar surface area (TPSA) is 104 Å². The van der Waals surface area contributed by atoms with Crippen LogP contribution >= 0.6 is 0 Å². The summed E-state index contributed by atoms with van der Waals surface area (Å²) in [5.74, 6) is -0.479. The number of hydrogen-bond donors (Lipinski definition) is 3. The summed E-state index contributed by atoms with van der Waals surface area (Å²) >= 11 is 0. The van der Waals surface area contributed by atoms with E-state index in [1.165, 1.54) is 31.2 Å². The third kappa shape index (κ3) is 6.19. The Balaban J connectivity index is 2.04. The smallest absolute Gasteiger partial charge is 0.240 e. The van der Waals surface area contributed by atoms with E-state index in [0.29, 0.717) is 11.4 Å². The lowest BCUT2D eigenvalue weighted by molar-refractivity contribution is -0.119. The zero-order valence-corrected chi connectivity index (χ0v) is 16.3. The van der Waals surface area contributed by atoms with Crippen LogP contribution in [0.1, 0.15) is 26.3 Å². The largest absolute Gasteiger partial charge is 0.326 e. The Kier molecular flexibility index (Phi) is 6.70. The van der Waals surface area contributed by atoms with Gasteiger partial charge in [0, 0.05) is 30.8 Å². The van der Waals surface area contributed by atoms with Crippen molar-refractivity contribution < 1.29 is 18.0 Å². The molecule has 2 aromatic carbocycles. The molecule has 0 atom stereocenters. The lowest BCUT2D eigenvalue weighted by Gasteiger charge is -2.11. The minimum Gasteiger partial charge on any atom is -0.326 e. The van der Waals surface area contributed by atoms with Crippen molar-refractivity contribution in [3.05, 3.63) is 54.1 Å². The molecule has 8 heteroatoms. The van der Waals surface area contributed by atoms with E-state index in [9.17, 15) is 18.0 Å². The van der Waals surface area contributed by atoms with Gasteiger partial charge in [-0.25, -0.2) is 13.1 Å². The predicted molar refractivity (Wildman–Crippen MR) is 105 cm³/mol. The second-order valence-electron chi connectivity index (χ2n) is 6.37. The monoisotopic (exact) mass is 389 g/mol. The van der Waals surface area contributed by atoms with E-state index in [2.05, 4.69) is 15.4 Å². The predicted octanol–water partition coefficient (Wildman–Crippen LogP) is 2.72. The number of sulfonamides is 1. The molecule has 0 saturated carbocycles. The van der Waals surface area contributed by atoms with Crippen molar-refractivity contribution >= 4 is 33.2 Å². The molecule has 0 spiro atoms. The van der Waals surface area contributed by atoms with Crippen LogP contribution in [0.5, 0.6) is 0 Å². The molecule has 144 valence electrons. The lowest BCUT2D eigenvalue weighted by Crippen LogP contribution is -2.23. The Morgan fingerprint density at radius 2 is 1.63 bits per heavy atom. The first-order valence-corrected chi connectivity index (χ1v) is 9.93. The Hall–Kier alpha value is -2.71. The average molecular weight is 389 g/mol. The number of carbonyl (C=O) groups excluding carboxylic acids is 2. The molecule has 2 rings (SSSR count). The lowest BCUT2D eigenvalue weighted by atomic mass is 10.1. The van der Waals surface area contributed by atoms with Gasteiger partial charge in [0.25, 0.3) is 0 Å². The van der Waals surface area contributed by atoms with Gasteiger partial charge in [0.1, 0.15) is 0 Å². The van der Waals surface area contributed by atoms with Crippen molar-refractivity contribution in [2.75, 3.05) is 10.6 Å². The normalized spacial score (nSPS) is 11.3. The summed E-state index contributed by atoms with van der Waals surface area (Å²) in [5.41, 5.74) is 1.86. The van der Waals surface area contributed by atoms with Crippen LogP contribution in [0.2, 0.25) is 0 Å². The quantitative estimate of drug-likeness (QED) is 0.677. The Labute approximate surface area is 159 Å². The first-order chi connectivity index (χ1) is 12.7. The first kappa shape index (κ1) is 20.6. The first-order valence-electron chi connectivity index (χ1n) is 8.44. The van der Waals surface area contributed by atoms with Crippen LogP contribution in [-0.4, -0.2) is 20.2 Å². The van der Waals surface area contributed by atoms with Gasteiger partial charge in [0.15, 0.2) is 0 Å². The molecule has 0 saturated heterocycles. The van der Waals surface area contributed by atoms with Crippen LogP contribution < -0.4 is 15.4 Å². The fourth-order valence-electron chi connectivity index (χ4n) is 2.23. The molecule has 0 radical (unpaired) electrons. The molecule has 7 nitrogen and oxygen atoms in total. The van der Waals surface area contributed by atoms with Crippen molar-refractivity contribution in [2.24, 2.45) is 5.92 Å². The van der Waals surface area contributed by atoms with Crippen molar-refractivity contribution in [1.29, 1.82) is 0 Å². The summed E-state index contributed by atoms with van der Waals surface area (Å²) in [6.07, 6.45) is 0. The standard InChI is InChI=1S/C19H23N3O4S/c1-13(2)19(24)22-17-6-4-5-15(11-17)12-20-27(25,26)18-9-7-16(8-10-18)21-14(3)23/h4-11,13,20H,12H2,1-3H3,(H,21,23)(H,22,24). The zero-order chi connectivity index (χ0) is 20.0. The minimum atomic E-state index is -3.70. The van der Waals surface area contributed by atoms with Crippen molar-refractivity contribution in [3.63, 3.8) is 0 Å². The highest BCUT2D eigenvalue weighted by Crippen LogP contribution is 2.16. The molecule has 3 N–H and O–H groups in total. The summed E-state index contributed by atoms with van der Waals surface area (Å²) in [7, 11) is -3.70. The SMILES string of the molecule is CC(=O)Nc1ccc(S(=O)(=O)NCc2cccc(NC(=O)C(C)C)c2)cc1. The van der Waals surface area contributed by atoms with E-state index in [0.717, 1.165) is 5.56 Å². The van der Waals surface area contributed by atoms with Crippen molar-refractivity contribution in [2.45, 2.75) is 32.2 Å². The number of anilines is 2. The van der Waals surface area contributed by atoms with E-state index in [1.807, 2.05) is 0 Å². The number of rotatable bonds is 7. The highest BCUT2D eigenvalue weighted by molar-refractivity contribution is 7.89. The van der Waals surface area contributed by atoms with Crippen LogP contribution in [0, 0.1) is 5.92 Å². The number of carbonyl (C=O) groups is 2. The van der Waals surface area contributed by atoms with Crippen molar-refractivity contribution in [1.82, 2.24) is 4.72 Å². The Morgan fingerprint density at radius 1 is 0.963 bits per heavy atom. The van der Waals surface area contributed by atoms with E-state index in [1.54, 1.807) is 38.1 Å². The maximum absolute atomic E-state index is 12.4. The maximum Gasteiger partial charge on any atom is 0.240 e. The minimum absolute atomic E-state index is 0.0845. The van der Waals surface area contributed by atoms with Gasteiger partial charge in [-0.15, -0.1) is 0 Å². The second-order valence-corrected chi connectivity index (χ2v) is 8.14. The molecule has 0 aliphatic heterocycles. The van der Waals surface area contributed by atoms with Crippen LogP contribution in [0.15, 0.2) is 53.4 Å². The molecule has 0 bridgehead atoms. The summed E-state index contributed by atoms with van der Waals surface area (Å²) in [5, 5.41) is 5.36. The van der Waals surface area contributed by atoms with Gasteiger partial charge >= 0.3 is 0 Å². The fourth-order valence-corrected chi connectivity index (χ4v) is 3.25. The number of hydrogen-bond acceptors (Lipinski definition) is 4. The number of benzene rings is 2.